The predicted molar refractivity (Wildman–Crippen MR) is 82.2 cm³/mol. The first-order chi connectivity index (χ1) is 9.98. The SMILES string of the molecule is CCC1(CC(=O)O)OCCc2c1[nH]c1ccc(Cl)c(Cl)c21. The highest BCUT2D eigenvalue weighted by atomic mass is 35.5. The molecule has 0 saturated heterocycles. The third kappa shape index (κ3) is 2.22. The van der Waals surface area contributed by atoms with Gasteiger partial charge in [0.2, 0.25) is 0 Å². The number of aromatic nitrogens is 1. The number of fused-ring (bicyclic) bond motifs is 3. The fourth-order valence-electron chi connectivity index (χ4n) is 3.13. The maximum atomic E-state index is 11.2. The van der Waals surface area contributed by atoms with Crippen molar-refractivity contribution in [1.29, 1.82) is 0 Å². The van der Waals surface area contributed by atoms with E-state index in [0.29, 0.717) is 29.5 Å². The van der Waals surface area contributed by atoms with Gasteiger partial charge in [0.25, 0.3) is 0 Å². The van der Waals surface area contributed by atoms with Crippen molar-refractivity contribution in [3.63, 3.8) is 0 Å². The van der Waals surface area contributed by atoms with E-state index in [-0.39, 0.29) is 6.42 Å². The van der Waals surface area contributed by atoms with Crippen molar-refractivity contribution in [2.45, 2.75) is 31.8 Å². The van der Waals surface area contributed by atoms with Gasteiger partial charge in [0.1, 0.15) is 5.60 Å². The van der Waals surface area contributed by atoms with Crippen LogP contribution in [0.5, 0.6) is 0 Å². The van der Waals surface area contributed by atoms with E-state index in [0.717, 1.165) is 22.2 Å². The summed E-state index contributed by atoms with van der Waals surface area (Å²) in [4.78, 5) is 14.5. The van der Waals surface area contributed by atoms with Gasteiger partial charge in [0.15, 0.2) is 0 Å². The minimum atomic E-state index is -0.882. The van der Waals surface area contributed by atoms with Crippen LogP contribution in [0.1, 0.15) is 31.0 Å². The van der Waals surface area contributed by atoms with E-state index in [4.69, 9.17) is 27.9 Å². The number of halogens is 2. The number of aromatic amines is 1. The Morgan fingerprint density at radius 2 is 2.24 bits per heavy atom. The summed E-state index contributed by atoms with van der Waals surface area (Å²) in [6, 6.07) is 3.60. The number of aliphatic carboxylic acids is 1. The molecule has 1 unspecified atom stereocenters. The smallest absolute Gasteiger partial charge is 0.306 e. The van der Waals surface area contributed by atoms with E-state index in [1.54, 1.807) is 6.07 Å². The summed E-state index contributed by atoms with van der Waals surface area (Å²) < 4.78 is 5.86. The lowest BCUT2D eigenvalue weighted by atomic mass is 9.86. The number of hydrogen-bond donors (Lipinski definition) is 2. The molecular formula is C15H15Cl2NO3. The fraction of sp³-hybridized carbons (Fsp3) is 0.400. The molecule has 0 spiro atoms. The number of benzene rings is 1. The highest BCUT2D eigenvalue weighted by molar-refractivity contribution is 6.45. The molecule has 1 aromatic carbocycles. The number of ether oxygens (including phenoxy) is 1. The molecule has 4 nitrogen and oxygen atoms in total. The van der Waals surface area contributed by atoms with Crippen LogP contribution < -0.4 is 0 Å². The molecule has 2 heterocycles. The summed E-state index contributed by atoms with van der Waals surface area (Å²) >= 11 is 12.4. The number of rotatable bonds is 3. The normalized spacial score (nSPS) is 21.5. The number of hydrogen-bond acceptors (Lipinski definition) is 2. The van der Waals surface area contributed by atoms with Crippen molar-refractivity contribution in [3.05, 3.63) is 33.4 Å². The molecule has 0 bridgehead atoms. The molecule has 1 aromatic heterocycles. The van der Waals surface area contributed by atoms with Crippen LogP contribution in [0, 0.1) is 0 Å². The summed E-state index contributed by atoms with van der Waals surface area (Å²) in [6.07, 6.45) is 1.19. The van der Waals surface area contributed by atoms with Gasteiger partial charge in [-0.3, -0.25) is 4.79 Å². The zero-order valence-corrected chi connectivity index (χ0v) is 13.0. The van der Waals surface area contributed by atoms with Gasteiger partial charge in [-0.05, 0) is 30.5 Å². The fourth-order valence-corrected chi connectivity index (χ4v) is 3.57. The molecule has 3 rings (SSSR count). The van der Waals surface area contributed by atoms with Crippen molar-refractivity contribution >= 4 is 40.1 Å². The van der Waals surface area contributed by atoms with Crippen LogP contribution in [0.15, 0.2) is 12.1 Å². The molecule has 1 atom stereocenters. The first-order valence-electron chi connectivity index (χ1n) is 6.83. The molecule has 0 amide bonds. The van der Waals surface area contributed by atoms with Gasteiger partial charge in [0, 0.05) is 10.9 Å². The van der Waals surface area contributed by atoms with Gasteiger partial charge in [-0.2, -0.15) is 0 Å². The molecule has 0 aliphatic carbocycles. The number of H-pyrrole nitrogens is 1. The minimum Gasteiger partial charge on any atom is -0.481 e. The Balaban J connectivity index is 2.27. The second-order valence-corrected chi connectivity index (χ2v) is 6.06. The monoisotopic (exact) mass is 327 g/mol. The van der Waals surface area contributed by atoms with E-state index in [9.17, 15) is 9.90 Å². The summed E-state index contributed by atoms with van der Waals surface area (Å²) in [6.45, 7) is 2.40. The van der Waals surface area contributed by atoms with E-state index >= 15 is 0 Å². The third-order valence-electron chi connectivity index (χ3n) is 4.15. The van der Waals surface area contributed by atoms with Crippen molar-refractivity contribution in [2.75, 3.05) is 6.61 Å². The number of carboxylic acids is 1. The summed E-state index contributed by atoms with van der Waals surface area (Å²) in [7, 11) is 0. The molecule has 6 heteroatoms. The zero-order valence-electron chi connectivity index (χ0n) is 11.5. The Labute approximate surface area is 132 Å². The maximum absolute atomic E-state index is 11.2. The van der Waals surface area contributed by atoms with Crippen LogP contribution in [0.25, 0.3) is 10.9 Å². The third-order valence-corrected chi connectivity index (χ3v) is 4.96. The molecule has 2 N–H and O–H groups in total. The van der Waals surface area contributed by atoms with Crippen LogP contribution in [0.2, 0.25) is 10.0 Å². The molecule has 1 aliphatic rings. The van der Waals surface area contributed by atoms with Gasteiger partial charge in [-0.25, -0.2) is 0 Å². The highest BCUT2D eigenvalue weighted by Crippen LogP contribution is 2.44. The summed E-state index contributed by atoms with van der Waals surface area (Å²) in [5.74, 6) is -0.882. The molecule has 112 valence electrons. The second kappa shape index (κ2) is 5.20. The van der Waals surface area contributed by atoms with Crippen LogP contribution in [-0.2, 0) is 21.6 Å². The van der Waals surface area contributed by atoms with Gasteiger partial charge < -0.3 is 14.8 Å². The predicted octanol–water partition coefficient (Wildman–Crippen LogP) is 4.13. The topological polar surface area (TPSA) is 62.3 Å². The summed E-state index contributed by atoms with van der Waals surface area (Å²) in [5.41, 5.74) is 1.88. The van der Waals surface area contributed by atoms with Crippen molar-refractivity contribution in [1.82, 2.24) is 4.98 Å². The van der Waals surface area contributed by atoms with E-state index in [1.165, 1.54) is 0 Å². The van der Waals surface area contributed by atoms with Crippen LogP contribution in [0.4, 0.5) is 0 Å². The molecule has 0 saturated carbocycles. The molecule has 1 aliphatic heterocycles. The number of nitrogens with one attached hydrogen (secondary N) is 1. The average molecular weight is 328 g/mol. The Kier molecular flexibility index (Phi) is 3.64. The lowest BCUT2D eigenvalue weighted by Gasteiger charge is -2.35. The molecule has 0 radical (unpaired) electrons. The van der Waals surface area contributed by atoms with E-state index < -0.39 is 11.6 Å². The highest BCUT2D eigenvalue weighted by Gasteiger charge is 2.41. The first-order valence-corrected chi connectivity index (χ1v) is 7.59. The second-order valence-electron chi connectivity index (χ2n) is 5.28. The summed E-state index contributed by atoms with van der Waals surface area (Å²) in [5, 5.41) is 11.1. The van der Waals surface area contributed by atoms with E-state index in [2.05, 4.69) is 4.98 Å². The van der Waals surface area contributed by atoms with Crippen molar-refractivity contribution in [2.24, 2.45) is 0 Å². The van der Waals surface area contributed by atoms with Gasteiger partial charge in [-0.15, -0.1) is 0 Å². The Morgan fingerprint density at radius 3 is 2.90 bits per heavy atom. The first kappa shape index (κ1) is 14.7. The maximum Gasteiger partial charge on any atom is 0.306 e. The van der Waals surface area contributed by atoms with Crippen LogP contribution >= 0.6 is 23.2 Å². The molecule has 0 fully saturated rings. The van der Waals surface area contributed by atoms with Crippen LogP contribution in [-0.4, -0.2) is 22.7 Å². The minimum absolute atomic E-state index is 0.0747. The van der Waals surface area contributed by atoms with Crippen molar-refractivity contribution < 1.29 is 14.6 Å². The quantitative estimate of drug-likeness (QED) is 0.891. The van der Waals surface area contributed by atoms with Gasteiger partial charge in [0.05, 0.1) is 28.8 Å². The standard InChI is InChI=1S/C15H15Cl2NO3/c1-2-15(7-11(19)20)14-8(5-6-21-15)12-10(18-14)4-3-9(16)13(12)17/h3-4,18H,2,5-7H2,1H3,(H,19,20). The van der Waals surface area contributed by atoms with Gasteiger partial charge in [-0.1, -0.05) is 30.1 Å². The average Bonchev–Trinajstić information content (AvgIpc) is 2.83. The Bertz CT molecular complexity index is 725. The van der Waals surface area contributed by atoms with Crippen LogP contribution in [0.3, 0.4) is 0 Å². The lowest BCUT2D eigenvalue weighted by molar-refractivity contribution is -0.148. The Hall–Kier alpha value is -1.23. The van der Waals surface area contributed by atoms with Gasteiger partial charge >= 0.3 is 5.97 Å². The largest absolute Gasteiger partial charge is 0.481 e. The zero-order chi connectivity index (χ0) is 15.2. The van der Waals surface area contributed by atoms with Crippen molar-refractivity contribution in [3.8, 4) is 0 Å². The molecule has 2 aromatic rings. The molecular weight excluding hydrogens is 313 g/mol. The number of carboxylic acid groups (broad SMARTS) is 1. The number of carbonyl (C=O) groups is 1. The Morgan fingerprint density at radius 1 is 1.48 bits per heavy atom. The van der Waals surface area contributed by atoms with E-state index in [1.807, 2.05) is 13.0 Å². The lowest BCUT2D eigenvalue weighted by Crippen LogP contribution is -2.37. The molecule has 21 heavy (non-hydrogen) atoms.